The van der Waals surface area contributed by atoms with Crippen LogP contribution in [0, 0.1) is 13.8 Å². The van der Waals surface area contributed by atoms with Gasteiger partial charge in [-0.2, -0.15) is 0 Å². The molecule has 0 spiro atoms. The number of nitrogens with zero attached hydrogens (tertiary/aromatic N) is 1. The average molecular weight is 464 g/mol. The third-order valence-electron chi connectivity index (χ3n) is 6.04. The number of carbonyl (C=O) groups is 1. The molecular formula is C26H19Cl2NO3. The molecule has 3 aromatic carbocycles. The van der Waals surface area contributed by atoms with Crippen LogP contribution in [0.5, 0.6) is 0 Å². The molecule has 0 saturated heterocycles. The molecule has 4 nitrogen and oxygen atoms in total. The Morgan fingerprint density at radius 1 is 0.938 bits per heavy atom. The molecule has 2 heterocycles. The number of amides is 1. The fourth-order valence-electron chi connectivity index (χ4n) is 4.27. The number of aryl methyl sites for hydroxylation is 2. The lowest BCUT2D eigenvalue weighted by molar-refractivity contribution is 0.0714. The van der Waals surface area contributed by atoms with Crippen LogP contribution in [0.25, 0.3) is 11.0 Å². The van der Waals surface area contributed by atoms with E-state index >= 15 is 0 Å². The molecule has 1 aromatic heterocycles. The Kier molecular flexibility index (Phi) is 5.07. The lowest BCUT2D eigenvalue weighted by Crippen LogP contribution is -2.29. The monoisotopic (exact) mass is 463 g/mol. The van der Waals surface area contributed by atoms with E-state index in [4.69, 9.17) is 27.6 Å². The summed E-state index contributed by atoms with van der Waals surface area (Å²) in [4.78, 5) is 28.8. The summed E-state index contributed by atoms with van der Waals surface area (Å²) in [6, 6.07) is 17.6. The summed E-state index contributed by atoms with van der Waals surface area (Å²) >= 11 is 12.7. The van der Waals surface area contributed by atoms with Gasteiger partial charge in [-0.3, -0.25) is 9.59 Å². The van der Waals surface area contributed by atoms with Gasteiger partial charge in [-0.25, -0.2) is 0 Å². The predicted octanol–water partition coefficient (Wildman–Crippen LogP) is 6.46. The number of fused-ring (bicyclic) bond motifs is 2. The molecule has 32 heavy (non-hydrogen) atoms. The fraction of sp³-hybridized carbons (Fsp3) is 0.154. The molecule has 0 N–H and O–H groups in total. The Hall–Kier alpha value is -3.08. The molecule has 5 rings (SSSR count). The van der Waals surface area contributed by atoms with E-state index in [2.05, 4.69) is 0 Å². The Labute approximate surface area is 195 Å². The zero-order chi connectivity index (χ0) is 22.6. The summed E-state index contributed by atoms with van der Waals surface area (Å²) in [6.07, 6.45) is 0. The molecule has 6 heteroatoms. The first-order valence-corrected chi connectivity index (χ1v) is 11.0. The van der Waals surface area contributed by atoms with Crippen LogP contribution < -0.4 is 5.43 Å². The first-order valence-electron chi connectivity index (χ1n) is 10.2. The summed E-state index contributed by atoms with van der Waals surface area (Å²) in [5, 5.41) is 1.54. The maximum absolute atomic E-state index is 13.7. The molecule has 0 bridgehead atoms. The van der Waals surface area contributed by atoms with Crippen molar-refractivity contribution in [1.82, 2.24) is 4.90 Å². The third kappa shape index (κ3) is 3.31. The van der Waals surface area contributed by atoms with Crippen molar-refractivity contribution >= 4 is 40.1 Å². The second-order valence-corrected chi connectivity index (χ2v) is 8.93. The predicted molar refractivity (Wildman–Crippen MR) is 127 cm³/mol. The fourth-order valence-corrected chi connectivity index (χ4v) is 4.67. The van der Waals surface area contributed by atoms with Crippen molar-refractivity contribution in [2.24, 2.45) is 0 Å². The van der Waals surface area contributed by atoms with E-state index in [0.717, 1.165) is 22.3 Å². The van der Waals surface area contributed by atoms with Crippen molar-refractivity contribution in [1.29, 1.82) is 0 Å². The SMILES string of the molecule is Cc1cc2oc3c(c(=O)c2cc1C)C(c1cccc(Cl)c1)N(Cc1ccccc1Cl)C3=O. The molecule has 160 valence electrons. The second-order valence-electron chi connectivity index (χ2n) is 8.09. The summed E-state index contributed by atoms with van der Waals surface area (Å²) in [5.41, 5.74) is 4.05. The van der Waals surface area contributed by atoms with Gasteiger partial charge in [0.1, 0.15) is 5.58 Å². The maximum Gasteiger partial charge on any atom is 0.291 e. The highest BCUT2D eigenvalue weighted by Crippen LogP contribution is 2.40. The highest BCUT2D eigenvalue weighted by atomic mass is 35.5. The zero-order valence-electron chi connectivity index (χ0n) is 17.5. The normalized spacial score (nSPS) is 15.4. The van der Waals surface area contributed by atoms with Gasteiger partial charge in [-0.05, 0) is 66.4 Å². The Morgan fingerprint density at radius 3 is 2.44 bits per heavy atom. The highest BCUT2D eigenvalue weighted by molar-refractivity contribution is 6.31. The molecule has 1 atom stereocenters. The molecule has 4 aromatic rings. The second kappa shape index (κ2) is 7.80. The van der Waals surface area contributed by atoms with Gasteiger partial charge in [0.25, 0.3) is 5.91 Å². The molecule has 0 fully saturated rings. The van der Waals surface area contributed by atoms with Crippen LogP contribution in [0.1, 0.15) is 44.4 Å². The molecule has 1 unspecified atom stereocenters. The number of benzene rings is 3. The molecule has 0 radical (unpaired) electrons. The summed E-state index contributed by atoms with van der Waals surface area (Å²) in [5.74, 6) is -0.273. The molecule has 1 amide bonds. The lowest BCUT2D eigenvalue weighted by atomic mass is 9.97. The van der Waals surface area contributed by atoms with Gasteiger partial charge in [0.2, 0.25) is 5.76 Å². The number of hydrogen-bond donors (Lipinski definition) is 0. The molecule has 0 saturated carbocycles. The standard InChI is InChI=1S/C26H19Cl2NO3/c1-14-10-19-21(11-15(14)2)32-25-22(24(19)30)23(16-7-5-8-18(27)12-16)29(26(25)31)13-17-6-3-4-9-20(17)28/h3-12,23H,13H2,1-2H3. The van der Waals surface area contributed by atoms with E-state index in [-0.39, 0.29) is 23.6 Å². The lowest BCUT2D eigenvalue weighted by Gasteiger charge is -2.25. The Balaban J connectivity index is 1.76. The van der Waals surface area contributed by atoms with Gasteiger partial charge < -0.3 is 9.32 Å². The molecular weight excluding hydrogens is 445 g/mol. The van der Waals surface area contributed by atoms with Gasteiger partial charge >= 0.3 is 0 Å². The van der Waals surface area contributed by atoms with Gasteiger partial charge in [0.15, 0.2) is 5.43 Å². The largest absolute Gasteiger partial charge is 0.450 e. The van der Waals surface area contributed by atoms with Crippen molar-refractivity contribution < 1.29 is 9.21 Å². The van der Waals surface area contributed by atoms with Crippen molar-refractivity contribution in [2.45, 2.75) is 26.4 Å². The van der Waals surface area contributed by atoms with E-state index in [1.165, 1.54) is 0 Å². The van der Waals surface area contributed by atoms with Gasteiger partial charge in [-0.15, -0.1) is 0 Å². The summed E-state index contributed by atoms with van der Waals surface area (Å²) in [6.45, 7) is 4.13. The van der Waals surface area contributed by atoms with Crippen molar-refractivity contribution in [2.75, 3.05) is 0 Å². The average Bonchev–Trinajstić information content (AvgIpc) is 3.03. The topological polar surface area (TPSA) is 50.5 Å². The Bertz CT molecular complexity index is 1460. The van der Waals surface area contributed by atoms with Crippen molar-refractivity contribution in [3.63, 3.8) is 0 Å². The minimum atomic E-state index is -0.630. The zero-order valence-corrected chi connectivity index (χ0v) is 19.0. The van der Waals surface area contributed by atoms with E-state index < -0.39 is 6.04 Å². The van der Waals surface area contributed by atoms with Crippen LogP contribution >= 0.6 is 23.2 Å². The van der Waals surface area contributed by atoms with Crippen LogP contribution in [0.2, 0.25) is 10.0 Å². The number of rotatable bonds is 3. The van der Waals surface area contributed by atoms with Crippen LogP contribution in [0.4, 0.5) is 0 Å². The number of carbonyl (C=O) groups excluding carboxylic acids is 1. The quantitative estimate of drug-likeness (QED) is 0.350. The maximum atomic E-state index is 13.7. The van der Waals surface area contributed by atoms with E-state index in [1.54, 1.807) is 23.1 Å². The number of halogens is 2. The smallest absolute Gasteiger partial charge is 0.291 e. The van der Waals surface area contributed by atoms with E-state index in [9.17, 15) is 9.59 Å². The van der Waals surface area contributed by atoms with Crippen LogP contribution in [0.3, 0.4) is 0 Å². The summed E-state index contributed by atoms with van der Waals surface area (Å²) < 4.78 is 6.06. The highest BCUT2D eigenvalue weighted by Gasteiger charge is 2.43. The first-order chi connectivity index (χ1) is 15.3. The van der Waals surface area contributed by atoms with Crippen LogP contribution in [0.15, 0.2) is 69.9 Å². The van der Waals surface area contributed by atoms with Gasteiger partial charge in [0, 0.05) is 16.6 Å². The van der Waals surface area contributed by atoms with Crippen molar-refractivity contribution in [3.05, 3.63) is 115 Å². The minimum absolute atomic E-state index is 0.0720. The van der Waals surface area contributed by atoms with Gasteiger partial charge in [-0.1, -0.05) is 53.5 Å². The van der Waals surface area contributed by atoms with E-state index in [0.29, 0.717) is 26.6 Å². The molecule has 1 aliphatic heterocycles. The van der Waals surface area contributed by atoms with Crippen molar-refractivity contribution in [3.8, 4) is 0 Å². The van der Waals surface area contributed by atoms with Gasteiger partial charge in [0.05, 0.1) is 17.0 Å². The molecule has 1 aliphatic rings. The minimum Gasteiger partial charge on any atom is -0.450 e. The van der Waals surface area contributed by atoms with E-state index in [1.807, 2.05) is 56.3 Å². The Morgan fingerprint density at radius 2 is 1.69 bits per heavy atom. The van der Waals surface area contributed by atoms with Crippen LogP contribution in [-0.2, 0) is 6.54 Å². The number of hydrogen-bond acceptors (Lipinski definition) is 3. The van der Waals surface area contributed by atoms with Crippen LogP contribution in [-0.4, -0.2) is 10.8 Å². The first kappa shape index (κ1) is 20.8. The third-order valence-corrected chi connectivity index (χ3v) is 6.65. The molecule has 0 aliphatic carbocycles. The summed E-state index contributed by atoms with van der Waals surface area (Å²) in [7, 11) is 0.